The summed E-state index contributed by atoms with van der Waals surface area (Å²) in [6.45, 7) is 0. The Labute approximate surface area is 184 Å². The summed E-state index contributed by atoms with van der Waals surface area (Å²) in [6, 6.07) is 0. The van der Waals surface area contributed by atoms with Crippen molar-refractivity contribution in [2.24, 2.45) is 0 Å². The maximum absolute atomic E-state index is 10.6. The lowest BCUT2D eigenvalue weighted by Gasteiger charge is -2.40. The van der Waals surface area contributed by atoms with Crippen LogP contribution in [0.15, 0.2) is 0 Å². The molecule has 0 spiro atoms. The van der Waals surface area contributed by atoms with Gasteiger partial charge in [0, 0.05) is 6.42 Å². The van der Waals surface area contributed by atoms with Gasteiger partial charge in [0.1, 0.15) is 2.29 Å². The molecule has 0 fully saturated rings. The van der Waals surface area contributed by atoms with Crippen LogP contribution in [0, 0.1) is 0 Å². The molecule has 9 heteroatoms. The SMILES string of the molecule is O=C(O)CCC(I)(I)C(I)(I)C(I)(I)I. The molecule has 0 rings (SSSR count). The summed E-state index contributed by atoms with van der Waals surface area (Å²) in [5, 5.41) is 8.73. The van der Waals surface area contributed by atoms with Gasteiger partial charge in [0.2, 0.25) is 0 Å². The van der Waals surface area contributed by atoms with Gasteiger partial charge < -0.3 is 5.11 Å². The summed E-state index contributed by atoms with van der Waals surface area (Å²) < 4.78 is -0.0539. The van der Waals surface area contributed by atoms with Gasteiger partial charge in [-0.2, -0.15) is 0 Å². The van der Waals surface area contributed by atoms with Gasteiger partial charge in [-0.25, -0.2) is 0 Å². The van der Waals surface area contributed by atoms with E-state index in [9.17, 15) is 4.79 Å². The Kier molecular flexibility index (Phi) is 9.85. The molecule has 0 aliphatic heterocycles. The van der Waals surface area contributed by atoms with Gasteiger partial charge in [-0.15, -0.1) is 0 Å². The zero-order chi connectivity index (χ0) is 12.5. The second kappa shape index (κ2) is 7.55. The van der Waals surface area contributed by atoms with E-state index in [-0.39, 0.29) is 8.71 Å². The standard InChI is InChI=1S/C6H5I7O2/c7-4(8,2-1-3(14)15)5(9,10)6(11,12)13/h1-2H2,(H,14,15). The van der Waals surface area contributed by atoms with Crippen molar-refractivity contribution in [2.75, 3.05) is 0 Å². The van der Waals surface area contributed by atoms with E-state index in [1.807, 2.05) is 0 Å². The first-order valence-electron chi connectivity index (χ1n) is 3.46. The van der Waals surface area contributed by atoms with Crippen LogP contribution >= 0.6 is 158 Å². The molecule has 0 aromatic carbocycles. The molecule has 0 saturated heterocycles. The second-order valence-electron chi connectivity index (χ2n) is 2.67. The van der Waals surface area contributed by atoms with Crippen LogP contribution in [-0.4, -0.2) is 13.4 Å². The molecule has 0 aromatic rings. The zero-order valence-corrected chi connectivity index (χ0v) is 22.0. The largest absolute Gasteiger partial charge is 0.481 e. The van der Waals surface area contributed by atoms with Crippen LogP contribution < -0.4 is 0 Å². The Morgan fingerprint density at radius 2 is 1.40 bits per heavy atom. The number of halogens is 7. The van der Waals surface area contributed by atoms with Crippen LogP contribution in [0.25, 0.3) is 0 Å². The predicted molar refractivity (Wildman–Crippen MR) is 123 cm³/mol. The van der Waals surface area contributed by atoms with E-state index in [0.717, 1.165) is 0 Å². The van der Waals surface area contributed by atoms with Crippen molar-refractivity contribution in [3.63, 3.8) is 0 Å². The Morgan fingerprint density at radius 1 is 1.00 bits per heavy atom. The minimum Gasteiger partial charge on any atom is -0.481 e. The normalized spacial score (nSPS) is 14.1. The van der Waals surface area contributed by atoms with E-state index in [1.165, 1.54) is 0 Å². The zero-order valence-electron chi connectivity index (χ0n) is 6.92. The minimum absolute atomic E-state index is 0.0201. The first kappa shape index (κ1) is 19.6. The van der Waals surface area contributed by atoms with Crippen molar-refractivity contribution in [3.05, 3.63) is 0 Å². The number of hydrogen-bond donors (Lipinski definition) is 1. The number of hydrogen-bond acceptors (Lipinski definition) is 1. The van der Waals surface area contributed by atoms with Crippen molar-refractivity contribution in [2.45, 2.75) is 15.1 Å². The van der Waals surface area contributed by atoms with E-state index in [1.54, 1.807) is 0 Å². The number of aliphatic carboxylic acids is 1. The fraction of sp³-hybridized carbons (Fsp3) is 0.833. The molecule has 0 bridgehead atoms. The molecule has 0 aliphatic rings. The van der Waals surface area contributed by atoms with Gasteiger partial charge in [0.15, 0.2) is 0 Å². The molecule has 0 aromatic heterocycles. The Hall–Kier alpha value is 4.58. The first-order chi connectivity index (χ1) is 6.42. The fourth-order valence-electron chi connectivity index (χ4n) is 0.628. The number of carbonyl (C=O) groups is 1. The van der Waals surface area contributed by atoms with Crippen molar-refractivity contribution < 1.29 is 9.90 Å². The molecular weight excluding hydrogens is 992 g/mol. The maximum Gasteiger partial charge on any atom is 0.303 e. The fourth-order valence-corrected chi connectivity index (χ4v) is 6.99. The van der Waals surface area contributed by atoms with Crippen LogP contribution in [0.1, 0.15) is 12.8 Å². The number of carboxylic acid groups (broad SMARTS) is 1. The Balaban J connectivity index is 4.77. The molecule has 1 N–H and O–H groups in total. The smallest absolute Gasteiger partial charge is 0.303 e. The van der Waals surface area contributed by atoms with E-state index >= 15 is 0 Å². The monoisotopic (exact) mass is 997 g/mol. The van der Waals surface area contributed by atoms with E-state index in [0.29, 0.717) is 6.42 Å². The lowest BCUT2D eigenvalue weighted by atomic mass is 10.2. The predicted octanol–water partition coefficient (Wildman–Crippen LogP) is 5.94. The highest BCUT2D eigenvalue weighted by Gasteiger charge is 2.55. The van der Waals surface area contributed by atoms with Crippen LogP contribution in [0.3, 0.4) is 0 Å². The summed E-state index contributed by atoms with van der Waals surface area (Å²) in [7, 11) is 0. The van der Waals surface area contributed by atoms with Gasteiger partial charge in [0.25, 0.3) is 0 Å². The highest BCUT2D eigenvalue weighted by Crippen LogP contribution is 2.65. The maximum atomic E-state index is 10.6. The molecule has 0 unspecified atom stereocenters. The molecule has 15 heavy (non-hydrogen) atoms. The average Bonchev–Trinajstić information content (AvgIpc) is 1.98. The average molecular weight is 997 g/mol. The van der Waals surface area contributed by atoms with E-state index in [2.05, 4.69) is 158 Å². The van der Waals surface area contributed by atoms with E-state index < -0.39 is 5.97 Å². The molecule has 2 nitrogen and oxygen atoms in total. The molecule has 0 heterocycles. The molecule has 90 valence electrons. The number of carboxylic acids is 1. The quantitative estimate of drug-likeness (QED) is 0.274. The highest BCUT2D eigenvalue weighted by atomic mass is 127. The summed E-state index contributed by atoms with van der Waals surface area (Å²) in [5.74, 6) is -0.725. The second-order valence-corrected chi connectivity index (χ2v) is 24.8. The van der Waals surface area contributed by atoms with Crippen LogP contribution in [0.5, 0.6) is 0 Å². The van der Waals surface area contributed by atoms with Gasteiger partial charge in [-0.3, -0.25) is 4.79 Å². The van der Waals surface area contributed by atoms with Crippen LogP contribution in [0.2, 0.25) is 0 Å². The molecule has 0 aliphatic carbocycles. The van der Waals surface area contributed by atoms with Crippen molar-refractivity contribution in [1.29, 1.82) is 0 Å². The Bertz CT molecular complexity index is 244. The van der Waals surface area contributed by atoms with Crippen LogP contribution in [0.4, 0.5) is 0 Å². The Morgan fingerprint density at radius 3 is 1.67 bits per heavy atom. The molecular formula is C6H5I7O2. The first-order valence-corrected chi connectivity index (χ1v) is 11.0. The summed E-state index contributed by atoms with van der Waals surface area (Å²) in [4.78, 5) is 10.6. The molecule has 0 amide bonds. The summed E-state index contributed by atoms with van der Waals surface area (Å²) >= 11 is 16.8. The van der Waals surface area contributed by atoms with E-state index in [4.69, 9.17) is 5.11 Å². The van der Waals surface area contributed by atoms with Gasteiger partial charge in [-0.1, -0.05) is 158 Å². The lowest BCUT2D eigenvalue weighted by Crippen LogP contribution is -2.43. The third-order valence-corrected chi connectivity index (χ3v) is 20.4. The van der Waals surface area contributed by atoms with Crippen molar-refractivity contribution in [3.8, 4) is 0 Å². The number of rotatable bonds is 5. The van der Waals surface area contributed by atoms with Gasteiger partial charge >= 0.3 is 5.97 Å². The third kappa shape index (κ3) is 6.25. The molecule has 0 radical (unpaired) electrons. The third-order valence-electron chi connectivity index (χ3n) is 1.47. The molecule has 0 saturated carbocycles. The minimum atomic E-state index is -0.725. The van der Waals surface area contributed by atoms with Crippen LogP contribution in [-0.2, 0) is 4.79 Å². The summed E-state index contributed by atoms with van der Waals surface area (Å²) in [5.41, 5.74) is 0. The van der Waals surface area contributed by atoms with Gasteiger partial charge in [-0.05, 0) is 6.42 Å². The van der Waals surface area contributed by atoms with Crippen molar-refractivity contribution >= 4 is 164 Å². The van der Waals surface area contributed by atoms with Gasteiger partial charge in [0.05, 0.1) is 0 Å². The highest BCUT2D eigenvalue weighted by molar-refractivity contribution is 14.3. The summed E-state index contributed by atoms with van der Waals surface area (Å²) in [6.07, 6.45) is 0.895. The van der Waals surface area contributed by atoms with Crippen molar-refractivity contribution in [1.82, 2.24) is 0 Å². The lowest BCUT2D eigenvalue weighted by molar-refractivity contribution is -0.137. The molecule has 0 atom stereocenters. The topological polar surface area (TPSA) is 37.3 Å². The number of alkyl halides is 7.